The van der Waals surface area contributed by atoms with Crippen LogP contribution in [0, 0.1) is 0 Å². The standard InChI is InChI=1S/C24H30ClNO6/c1-4-12-26-19(14-6-9-16(10-7-14)31-5-2)17-13-15(8-11-18(17)25)23-21(28)20(27)22(29)24(30-3)32-23/h6-11,13,20-24,27-29H,4-5,12H2,1-3H3/b26-19-/t20-,21?,22+,23?,24+/m1/s1. The van der Waals surface area contributed by atoms with Gasteiger partial charge >= 0.3 is 0 Å². The van der Waals surface area contributed by atoms with Gasteiger partial charge in [0.2, 0.25) is 0 Å². The van der Waals surface area contributed by atoms with Gasteiger partial charge in [-0.25, -0.2) is 0 Å². The molecule has 0 spiro atoms. The van der Waals surface area contributed by atoms with Crippen molar-refractivity contribution in [1.82, 2.24) is 0 Å². The SMILES string of the molecule is CCC/N=C(/c1ccc(OCC)cc1)c1cc(C2O[C@H](OC)[C@@H](O)[C@H](O)C2O)ccc1Cl. The van der Waals surface area contributed by atoms with Crippen molar-refractivity contribution in [1.29, 1.82) is 0 Å². The van der Waals surface area contributed by atoms with Crippen molar-refractivity contribution >= 4 is 17.3 Å². The number of halogens is 1. The van der Waals surface area contributed by atoms with Crippen molar-refractivity contribution in [2.75, 3.05) is 20.3 Å². The molecule has 1 heterocycles. The highest BCUT2D eigenvalue weighted by atomic mass is 35.5. The summed E-state index contributed by atoms with van der Waals surface area (Å²) in [5, 5.41) is 31.3. The minimum Gasteiger partial charge on any atom is -0.494 e. The molecule has 1 aliphatic rings. The van der Waals surface area contributed by atoms with Crippen LogP contribution in [0.2, 0.25) is 5.02 Å². The molecule has 0 bridgehead atoms. The van der Waals surface area contributed by atoms with Crippen molar-refractivity contribution < 1.29 is 29.5 Å². The minimum absolute atomic E-state index is 0.492. The third-order valence-electron chi connectivity index (χ3n) is 5.31. The van der Waals surface area contributed by atoms with E-state index in [2.05, 4.69) is 0 Å². The summed E-state index contributed by atoms with van der Waals surface area (Å²) in [6.45, 7) is 5.17. The Morgan fingerprint density at radius 1 is 1.03 bits per heavy atom. The third kappa shape index (κ3) is 5.31. The maximum absolute atomic E-state index is 10.5. The highest BCUT2D eigenvalue weighted by Crippen LogP contribution is 2.35. The highest BCUT2D eigenvalue weighted by molar-refractivity contribution is 6.35. The van der Waals surface area contributed by atoms with E-state index >= 15 is 0 Å². The first-order valence-corrected chi connectivity index (χ1v) is 11.1. The molecule has 8 heteroatoms. The lowest BCUT2D eigenvalue weighted by Crippen LogP contribution is -2.54. The molecule has 0 saturated carbocycles. The first kappa shape index (κ1) is 24.6. The van der Waals surface area contributed by atoms with Gasteiger partial charge < -0.3 is 29.5 Å². The zero-order valence-corrected chi connectivity index (χ0v) is 19.2. The van der Waals surface area contributed by atoms with Gasteiger partial charge in [-0.3, -0.25) is 4.99 Å². The Balaban J connectivity index is 2.01. The predicted molar refractivity (Wildman–Crippen MR) is 123 cm³/mol. The fourth-order valence-electron chi connectivity index (χ4n) is 3.65. The molecule has 1 fully saturated rings. The van der Waals surface area contributed by atoms with Gasteiger partial charge in [-0.05, 0) is 55.3 Å². The number of ether oxygens (including phenoxy) is 3. The predicted octanol–water partition coefficient (Wildman–Crippen LogP) is 3.11. The Labute approximate surface area is 193 Å². The highest BCUT2D eigenvalue weighted by Gasteiger charge is 2.44. The van der Waals surface area contributed by atoms with Crippen LogP contribution in [0.1, 0.15) is 43.1 Å². The van der Waals surface area contributed by atoms with E-state index < -0.39 is 30.7 Å². The number of hydrogen-bond acceptors (Lipinski definition) is 7. The summed E-state index contributed by atoms with van der Waals surface area (Å²) in [7, 11) is 1.37. The fourth-order valence-corrected chi connectivity index (χ4v) is 3.86. The second-order valence-electron chi connectivity index (χ2n) is 7.56. The smallest absolute Gasteiger partial charge is 0.186 e. The molecule has 0 radical (unpaired) electrons. The van der Waals surface area contributed by atoms with E-state index in [4.69, 9.17) is 30.8 Å². The summed E-state index contributed by atoms with van der Waals surface area (Å²) < 4.78 is 16.4. The molecule has 7 nitrogen and oxygen atoms in total. The lowest BCUT2D eigenvalue weighted by atomic mass is 9.91. The number of methoxy groups -OCH3 is 1. The quantitative estimate of drug-likeness (QED) is 0.520. The maximum Gasteiger partial charge on any atom is 0.186 e. The second kappa shape index (κ2) is 11.2. The summed E-state index contributed by atoms with van der Waals surface area (Å²) in [6, 6.07) is 12.8. The zero-order valence-electron chi connectivity index (χ0n) is 18.4. The molecule has 2 aromatic carbocycles. The molecule has 1 aliphatic heterocycles. The number of aliphatic imine (C=N–C) groups is 1. The Bertz CT molecular complexity index is 917. The molecular formula is C24H30ClNO6. The van der Waals surface area contributed by atoms with Crippen LogP contribution in [-0.4, -0.2) is 65.9 Å². The van der Waals surface area contributed by atoms with Gasteiger partial charge in [0.15, 0.2) is 6.29 Å². The average molecular weight is 464 g/mol. The number of aliphatic hydroxyl groups excluding tert-OH is 3. The van der Waals surface area contributed by atoms with Crippen molar-refractivity contribution in [2.24, 2.45) is 4.99 Å². The number of nitrogens with zero attached hydrogens (tertiary/aromatic N) is 1. The topological polar surface area (TPSA) is 101 Å². The molecule has 32 heavy (non-hydrogen) atoms. The van der Waals surface area contributed by atoms with Crippen LogP contribution in [0.5, 0.6) is 5.75 Å². The molecule has 1 saturated heterocycles. The molecule has 2 unspecified atom stereocenters. The Morgan fingerprint density at radius 3 is 2.38 bits per heavy atom. The largest absolute Gasteiger partial charge is 0.494 e. The van der Waals surface area contributed by atoms with Crippen molar-refractivity contribution in [3.05, 3.63) is 64.2 Å². The normalized spacial score (nSPS) is 26.2. The maximum atomic E-state index is 10.5. The molecule has 0 aliphatic carbocycles. The minimum atomic E-state index is -1.42. The summed E-state index contributed by atoms with van der Waals surface area (Å²) in [5.41, 5.74) is 2.83. The molecule has 3 N–H and O–H groups in total. The van der Waals surface area contributed by atoms with Crippen LogP contribution in [0.3, 0.4) is 0 Å². The van der Waals surface area contributed by atoms with Crippen LogP contribution in [0.25, 0.3) is 0 Å². The summed E-state index contributed by atoms with van der Waals surface area (Å²) in [6.07, 6.45) is -5.24. The molecular weight excluding hydrogens is 434 g/mol. The molecule has 174 valence electrons. The van der Waals surface area contributed by atoms with Gasteiger partial charge in [-0.15, -0.1) is 0 Å². The average Bonchev–Trinajstić information content (AvgIpc) is 2.80. The first-order chi connectivity index (χ1) is 15.4. The monoisotopic (exact) mass is 463 g/mol. The van der Waals surface area contributed by atoms with E-state index in [-0.39, 0.29) is 0 Å². The van der Waals surface area contributed by atoms with Crippen LogP contribution >= 0.6 is 11.6 Å². The molecule has 2 aromatic rings. The van der Waals surface area contributed by atoms with Crippen LogP contribution in [-0.2, 0) is 9.47 Å². The number of aliphatic hydroxyl groups is 3. The van der Waals surface area contributed by atoms with Gasteiger partial charge in [0.25, 0.3) is 0 Å². The molecule has 0 aromatic heterocycles. The Hall–Kier alpha value is -2.00. The van der Waals surface area contributed by atoms with E-state index in [0.717, 1.165) is 17.7 Å². The van der Waals surface area contributed by atoms with Gasteiger partial charge in [-0.1, -0.05) is 24.6 Å². The summed E-state index contributed by atoms with van der Waals surface area (Å²) >= 11 is 6.56. The van der Waals surface area contributed by atoms with E-state index in [0.29, 0.717) is 35.0 Å². The van der Waals surface area contributed by atoms with Crippen LogP contribution in [0.15, 0.2) is 47.5 Å². The van der Waals surface area contributed by atoms with E-state index in [1.807, 2.05) is 38.1 Å². The van der Waals surface area contributed by atoms with E-state index in [1.54, 1.807) is 18.2 Å². The van der Waals surface area contributed by atoms with Gasteiger partial charge in [-0.2, -0.15) is 0 Å². The van der Waals surface area contributed by atoms with Gasteiger partial charge in [0.1, 0.15) is 30.2 Å². The lowest BCUT2D eigenvalue weighted by molar-refractivity contribution is -0.292. The number of rotatable bonds is 8. The van der Waals surface area contributed by atoms with Crippen LogP contribution < -0.4 is 4.74 Å². The van der Waals surface area contributed by atoms with Gasteiger partial charge in [0.05, 0.1) is 12.3 Å². The Morgan fingerprint density at radius 2 is 1.75 bits per heavy atom. The first-order valence-electron chi connectivity index (χ1n) is 10.7. The number of benzene rings is 2. The van der Waals surface area contributed by atoms with E-state index in [9.17, 15) is 15.3 Å². The molecule has 0 amide bonds. The summed E-state index contributed by atoms with van der Waals surface area (Å²) in [4.78, 5) is 4.76. The number of hydrogen-bond donors (Lipinski definition) is 3. The molecule has 3 rings (SSSR count). The molecule has 5 atom stereocenters. The Kier molecular flexibility index (Phi) is 8.64. The summed E-state index contributed by atoms with van der Waals surface area (Å²) in [5.74, 6) is 0.766. The third-order valence-corrected chi connectivity index (χ3v) is 5.64. The van der Waals surface area contributed by atoms with Crippen molar-refractivity contribution in [3.63, 3.8) is 0 Å². The second-order valence-corrected chi connectivity index (χ2v) is 7.97. The van der Waals surface area contributed by atoms with Gasteiger partial charge in [0, 0.05) is 29.8 Å². The lowest BCUT2D eigenvalue weighted by Gasteiger charge is -2.40. The van der Waals surface area contributed by atoms with Crippen molar-refractivity contribution in [2.45, 2.75) is 51.0 Å². The van der Waals surface area contributed by atoms with Crippen LogP contribution in [0.4, 0.5) is 0 Å². The zero-order chi connectivity index (χ0) is 23.3. The van der Waals surface area contributed by atoms with Crippen molar-refractivity contribution in [3.8, 4) is 5.75 Å². The fraction of sp³-hybridized carbons (Fsp3) is 0.458. The van der Waals surface area contributed by atoms with E-state index in [1.165, 1.54) is 7.11 Å².